The Morgan fingerprint density at radius 2 is 2.27 bits per heavy atom. The van der Waals surface area contributed by atoms with E-state index < -0.39 is 0 Å². The molecule has 2 rings (SSSR count). The minimum absolute atomic E-state index is 0.0136. The zero-order valence-electron chi connectivity index (χ0n) is 8.73. The van der Waals surface area contributed by atoms with Gasteiger partial charge >= 0.3 is 0 Å². The molecule has 3 N–H and O–H groups in total. The summed E-state index contributed by atoms with van der Waals surface area (Å²) in [6, 6.07) is 7.87. The largest absolute Gasteiger partial charge is 0.300 e. The van der Waals surface area contributed by atoms with Crippen molar-refractivity contribution in [1.82, 2.24) is 5.43 Å². The van der Waals surface area contributed by atoms with Crippen molar-refractivity contribution < 1.29 is 4.79 Å². The molecular formula is C11H15N3O. The summed E-state index contributed by atoms with van der Waals surface area (Å²) in [5.74, 6) is 6.03. The lowest BCUT2D eigenvalue weighted by atomic mass is 9.96. The molecule has 0 fully saturated rings. The number of fused-ring (bicyclic) bond motifs is 1. The van der Waals surface area contributed by atoms with Crippen LogP contribution >= 0.6 is 0 Å². The summed E-state index contributed by atoms with van der Waals surface area (Å²) in [5, 5.41) is 1.50. The Bertz CT molecular complexity index is 378. The highest BCUT2D eigenvalue weighted by Crippen LogP contribution is 2.23. The van der Waals surface area contributed by atoms with E-state index in [0.717, 1.165) is 17.7 Å². The summed E-state index contributed by atoms with van der Waals surface area (Å²) in [6.07, 6.45) is 0.756. The van der Waals surface area contributed by atoms with Crippen molar-refractivity contribution in [3.63, 3.8) is 0 Å². The fourth-order valence-corrected chi connectivity index (χ4v) is 1.84. The van der Waals surface area contributed by atoms with Crippen molar-refractivity contribution in [1.29, 1.82) is 0 Å². The van der Waals surface area contributed by atoms with Gasteiger partial charge in [0.05, 0.1) is 5.69 Å². The highest BCUT2D eigenvalue weighted by Gasteiger charge is 2.21. The fraction of sp³-hybridized carbons (Fsp3) is 0.364. The number of rotatable bonds is 1. The van der Waals surface area contributed by atoms with Crippen molar-refractivity contribution in [2.75, 3.05) is 11.7 Å². The number of hydrogen-bond acceptors (Lipinski definition) is 4. The predicted molar refractivity (Wildman–Crippen MR) is 59.0 cm³/mol. The number of hydrazine groups is 2. The van der Waals surface area contributed by atoms with E-state index in [4.69, 9.17) is 5.84 Å². The number of hydrogen-bond donors (Lipinski definition) is 2. The molecule has 80 valence electrons. The minimum atomic E-state index is 0.0136. The fourth-order valence-electron chi connectivity index (χ4n) is 1.84. The van der Waals surface area contributed by atoms with E-state index in [9.17, 15) is 4.79 Å². The smallest absolute Gasteiger partial charge is 0.134 e. The number of carbonyl (C=O) groups excluding carboxylic acids is 1. The van der Waals surface area contributed by atoms with Gasteiger partial charge in [0.25, 0.3) is 0 Å². The van der Waals surface area contributed by atoms with E-state index in [1.807, 2.05) is 24.3 Å². The van der Waals surface area contributed by atoms with E-state index in [0.29, 0.717) is 6.54 Å². The number of Topliss-reactive ketones (excluding diaryl/α,β-unsaturated/α-hetero) is 1. The van der Waals surface area contributed by atoms with Gasteiger partial charge in [0.1, 0.15) is 5.78 Å². The first-order valence-corrected chi connectivity index (χ1v) is 5.05. The van der Waals surface area contributed by atoms with Gasteiger partial charge < -0.3 is 0 Å². The Hall–Kier alpha value is -1.39. The van der Waals surface area contributed by atoms with Gasteiger partial charge in [0, 0.05) is 12.5 Å². The molecule has 1 aliphatic rings. The van der Waals surface area contributed by atoms with Gasteiger partial charge in [0.2, 0.25) is 0 Å². The van der Waals surface area contributed by atoms with Crippen LogP contribution in [0.1, 0.15) is 12.5 Å². The van der Waals surface area contributed by atoms with Crippen molar-refractivity contribution >= 4 is 11.5 Å². The van der Waals surface area contributed by atoms with Crippen LogP contribution in [0.4, 0.5) is 5.69 Å². The SMILES string of the molecule is CC(=O)C1CNN(N)c2ccccc2C1. The quantitative estimate of drug-likeness (QED) is 0.660. The van der Waals surface area contributed by atoms with Gasteiger partial charge in [-0.3, -0.25) is 4.79 Å². The number of para-hydroxylation sites is 1. The number of nitrogens with one attached hydrogen (secondary N) is 1. The van der Waals surface area contributed by atoms with Crippen LogP contribution in [0.15, 0.2) is 24.3 Å². The first kappa shape index (κ1) is 10.1. The van der Waals surface area contributed by atoms with Crippen LogP contribution in [0.5, 0.6) is 0 Å². The third kappa shape index (κ3) is 2.00. The highest BCUT2D eigenvalue weighted by atomic mass is 16.1. The zero-order chi connectivity index (χ0) is 10.8. The monoisotopic (exact) mass is 205 g/mol. The number of nitrogens with two attached hydrogens (primary N) is 1. The van der Waals surface area contributed by atoms with E-state index in [1.54, 1.807) is 6.92 Å². The topological polar surface area (TPSA) is 58.4 Å². The maximum Gasteiger partial charge on any atom is 0.134 e. The molecule has 1 aromatic carbocycles. The van der Waals surface area contributed by atoms with Crippen LogP contribution in [0.3, 0.4) is 0 Å². The van der Waals surface area contributed by atoms with Crippen molar-refractivity contribution in [2.45, 2.75) is 13.3 Å². The molecule has 0 bridgehead atoms. The van der Waals surface area contributed by atoms with Gasteiger partial charge in [-0.15, -0.1) is 0 Å². The second kappa shape index (κ2) is 4.00. The van der Waals surface area contributed by atoms with Gasteiger partial charge in [0.15, 0.2) is 0 Å². The number of benzene rings is 1. The van der Waals surface area contributed by atoms with Crippen molar-refractivity contribution in [3.05, 3.63) is 29.8 Å². The van der Waals surface area contributed by atoms with Crippen LogP contribution in [0.25, 0.3) is 0 Å². The first-order chi connectivity index (χ1) is 7.18. The minimum Gasteiger partial charge on any atom is -0.300 e. The maximum absolute atomic E-state index is 11.4. The molecule has 1 unspecified atom stereocenters. The molecule has 1 heterocycles. The molecule has 0 aromatic heterocycles. The Kier molecular flexibility index (Phi) is 2.70. The average Bonchev–Trinajstić information content (AvgIpc) is 2.39. The Morgan fingerprint density at radius 3 is 3.00 bits per heavy atom. The van der Waals surface area contributed by atoms with E-state index in [1.165, 1.54) is 5.12 Å². The number of ketones is 1. The van der Waals surface area contributed by atoms with Crippen LogP contribution in [0, 0.1) is 5.92 Å². The standard InChI is InChI=1S/C11H15N3O/c1-8(15)10-6-9-4-2-3-5-11(9)14(12)13-7-10/h2-5,10,13H,6-7,12H2,1H3. The average molecular weight is 205 g/mol. The molecule has 1 aromatic rings. The third-order valence-electron chi connectivity index (χ3n) is 2.80. The number of carbonyl (C=O) groups is 1. The summed E-state index contributed by atoms with van der Waals surface area (Å²) >= 11 is 0. The zero-order valence-corrected chi connectivity index (χ0v) is 8.73. The van der Waals surface area contributed by atoms with Crippen LogP contribution < -0.4 is 16.4 Å². The third-order valence-corrected chi connectivity index (χ3v) is 2.80. The summed E-state index contributed by atoms with van der Waals surface area (Å²) < 4.78 is 0. The maximum atomic E-state index is 11.4. The normalized spacial score (nSPS) is 20.7. The van der Waals surface area contributed by atoms with E-state index >= 15 is 0 Å². The summed E-state index contributed by atoms with van der Waals surface area (Å²) in [6.45, 7) is 2.22. The molecule has 0 aliphatic carbocycles. The first-order valence-electron chi connectivity index (χ1n) is 5.05. The summed E-state index contributed by atoms with van der Waals surface area (Å²) in [5.41, 5.74) is 5.08. The lowest BCUT2D eigenvalue weighted by Crippen LogP contribution is -2.45. The van der Waals surface area contributed by atoms with Gasteiger partial charge in [-0.2, -0.15) is 0 Å². The summed E-state index contributed by atoms with van der Waals surface area (Å²) in [7, 11) is 0. The van der Waals surface area contributed by atoms with Crippen molar-refractivity contribution in [3.8, 4) is 0 Å². The van der Waals surface area contributed by atoms with E-state index in [-0.39, 0.29) is 11.7 Å². The molecule has 0 saturated carbocycles. The molecular weight excluding hydrogens is 190 g/mol. The van der Waals surface area contributed by atoms with E-state index in [2.05, 4.69) is 5.43 Å². The van der Waals surface area contributed by atoms with Crippen LogP contribution in [-0.2, 0) is 11.2 Å². The second-order valence-electron chi connectivity index (χ2n) is 3.87. The van der Waals surface area contributed by atoms with Crippen molar-refractivity contribution in [2.24, 2.45) is 11.8 Å². The molecule has 4 nitrogen and oxygen atoms in total. The number of anilines is 1. The van der Waals surface area contributed by atoms with Gasteiger partial charge in [-0.25, -0.2) is 16.4 Å². The Labute approximate surface area is 89.0 Å². The van der Waals surface area contributed by atoms with Gasteiger partial charge in [-0.1, -0.05) is 18.2 Å². The molecule has 0 amide bonds. The lowest BCUT2D eigenvalue weighted by Gasteiger charge is -2.18. The second-order valence-corrected chi connectivity index (χ2v) is 3.87. The molecule has 15 heavy (non-hydrogen) atoms. The molecule has 0 spiro atoms. The van der Waals surface area contributed by atoms with Crippen LogP contribution in [-0.4, -0.2) is 12.3 Å². The Balaban J connectivity index is 2.33. The van der Waals surface area contributed by atoms with Crippen LogP contribution in [0.2, 0.25) is 0 Å². The lowest BCUT2D eigenvalue weighted by molar-refractivity contribution is -0.120. The molecule has 1 atom stereocenters. The number of nitrogens with zero attached hydrogens (tertiary/aromatic N) is 1. The Morgan fingerprint density at radius 1 is 1.53 bits per heavy atom. The molecule has 4 heteroatoms. The predicted octanol–water partition coefficient (Wildman–Crippen LogP) is 0.633. The molecule has 0 radical (unpaired) electrons. The molecule has 1 aliphatic heterocycles. The highest BCUT2D eigenvalue weighted by molar-refractivity contribution is 5.79. The summed E-state index contributed by atoms with van der Waals surface area (Å²) in [4.78, 5) is 11.4. The van der Waals surface area contributed by atoms with Gasteiger partial charge in [-0.05, 0) is 25.0 Å². The molecule has 0 saturated heterocycles.